The van der Waals surface area contributed by atoms with E-state index in [-0.39, 0.29) is 5.41 Å². The molecular formula is C47H72O4. The van der Waals surface area contributed by atoms with Crippen molar-refractivity contribution in [1.82, 2.24) is 0 Å². The molecule has 0 N–H and O–H groups in total. The van der Waals surface area contributed by atoms with Crippen LogP contribution >= 0.6 is 0 Å². The summed E-state index contributed by atoms with van der Waals surface area (Å²) >= 11 is 0. The summed E-state index contributed by atoms with van der Waals surface area (Å²) in [6, 6.07) is 18.2. The van der Waals surface area contributed by atoms with E-state index in [1.807, 2.05) is 0 Å². The van der Waals surface area contributed by atoms with Crippen LogP contribution in [0.5, 0.6) is 0 Å². The van der Waals surface area contributed by atoms with Crippen molar-refractivity contribution < 1.29 is 19.0 Å². The summed E-state index contributed by atoms with van der Waals surface area (Å²) in [5, 5.41) is 0. The molecule has 2 aromatic carbocycles. The number of allylic oxidation sites excluding steroid dienone is 2. The van der Waals surface area contributed by atoms with E-state index >= 15 is 0 Å². The minimum atomic E-state index is -0.0544. The van der Waals surface area contributed by atoms with Crippen molar-refractivity contribution >= 4 is 5.78 Å². The number of hydrogen-bond acceptors (Lipinski definition) is 4. The zero-order valence-corrected chi connectivity index (χ0v) is 33.4. The van der Waals surface area contributed by atoms with Crippen molar-refractivity contribution in [2.45, 2.75) is 155 Å². The number of methoxy groups -OCH3 is 1. The summed E-state index contributed by atoms with van der Waals surface area (Å²) in [4.78, 5) is 12.3. The maximum absolute atomic E-state index is 12.3. The van der Waals surface area contributed by atoms with Crippen LogP contribution in [0.4, 0.5) is 0 Å². The second-order valence-electron chi connectivity index (χ2n) is 16.2. The number of ether oxygens (including phenoxy) is 3. The third-order valence-corrected chi connectivity index (χ3v) is 11.1. The summed E-state index contributed by atoms with van der Waals surface area (Å²) in [6.45, 7) is 22.3. The first-order valence-corrected chi connectivity index (χ1v) is 20.3. The van der Waals surface area contributed by atoms with Crippen molar-refractivity contribution in [3.05, 3.63) is 95.1 Å². The van der Waals surface area contributed by atoms with Crippen LogP contribution in [0.1, 0.15) is 147 Å². The molecule has 0 aliphatic carbocycles. The van der Waals surface area contributed by atoms with Gasteiger partial charge in [0.05, 0.1) is 25.4 Å². The molecule has 2 saturated heterocycles. The summed E-state index contributed by atoms with van der Waals surface area (Å²) in [6.07, 6.45) is 17.9. The van der Waals surface area contributed by atoms with E-state index in [1.54, 1.807) is 7.11 Å². The van der Waals surface area contributed by atoms with Crippen LogP contribution in [0.3, 0.4) is 0 Å². The van der Waals surface area contributed by atoms with E-state index in [0.29, 0.717) is 42.7 Å². The number of carbonyl (C=O) groups is 1. The highest BCUT2D eigenvalue weighted by Gasteiger charge is 2.23. The Kier molecular flexibility index (Phi) is 19.5. The third-order valence-electron chi connectivity index (χ3n) is 11.1. The average Bonchev–Trinajstić information content (AvgIpc) is 3.12. The van der Waals surface area contributed by atoms with Gasteiger partial charge in [0.25, 0.3) is 0 Å². The van der Waals surface area contributed by atoms with E-state index in [9.17, 15) is 4.79 Å². The van der Waals surface area contributed by atoms with Gasteiger partial charge < -0.3 is 14.2 Å². The Bertz CT molecular complexity index is 1270. The fraction of sp³-hybridized carbons (Fsp3) is 0.638. The van der Waals surface area contributed by atoms with Crippen molar-refractivity contribution in [3.63, 3.8) is 0 Å². The topological polar surface area (TPSA) is 44.8 Å². The van der Waals surface area contributed by atoms with E-state index < -0.39 is 0 Å². The molecule has 2 aliphatic rings. The van der Waals surface area contributed by atoms with Crippen LogP contribution in [0.25, 0.3) is 0 Å². The lowest BCUT2D eigenvalue weighted by atomic mass is 9.77. The highest BCUT2D eigenvalue weighted by Crippen LogP contribution is 2.32. The Morgan fingerprint density at radius 3 is 1.63 bits per heavy atom. The molecule has 2 aliphatic heterocycles. The highest BCUT2D eigenvalue weighted by atomic mass is 16.5. The highest BCUT2D eigenvalue weighted by molar-refractivity contribution is 5.78. The maximum Gasteiger partial charge on any atom is 0.132 e. The van der Waals surface area contributed by atoms with Gasteiger partial charge in [-0.2, -0.15) is 0 Å². The molecule has 284 valence electrons. The number of hydrogen-bond donors (Lipinski definition) is 0. The number of benzene rings is 2. The van der Waals surface area contributed by atoms with Gasteiger partial charge in [0, 0.05) is 37.9 Å². The Balaban J connectivity index is 0.000000602. The number of rotatable bonds is 20. The van der Waals surface area contributed by atoms with Crippen LogP contribution in [-0.4, -0.2) is 44.9 Å². The minimum Gasteiger partial charge on any atom is -0.384 e. The van der Waals surface area contributed by atoms with Crippen LogP contribution in [0.2, 0.25) is 0 Å². The lowest BCUT2D eigenvalue weighted by Gasteiger charge is -2.26. The second kappa shape index (κ2) is 23.2. The average molecular weight is 701 g/mol. The molecule has 0 spiro atoms. The fourth-order valence-corrected chi connectivity index (χ4v) is 7.28. The molecule has 0 saturated carbocycles. The lowest BCUT2D eigenvalue weighted by Crippen LogP contribution is -2.26. The predicted octanol–water partition coefficient (Wildman–Crippen LogP) is 12.0. The number of Topliss-reactive ketones (excluding diaryl/α,β-unsaturated/α-hetero) is 1. The number of carbonyl (C=O) groups excluding carboxylic acids is 1. The second-order valence-corrected chi connectivity index (χ2v) is 16.2. The van der Waals surface area contributed by atoms with E-state index in [0.717, 1.165) is 71.2 Å². The summed E-state index contributed by atoms with van der Waals surface area (Å²) in [7, 11) is 1.75. The van der Waals surface area contributed by atoms with Crippen LogP contribution in [0.15, 0.2) is 72.8 Å². The summed E-state index contributed by atoms with van der Waals surface area (Å²) < 4.78 is 16.2. The summed E-state index contributed by atoms with van der Waals surface area (Å²) in [5.41, 5.74) is 7.88. The Morgan fingerprint density at radius 2 is 1.18 bits per heavy atom. The molecule has 4 unspecified atom stereocenters. The molecule has 4 rings (SSSR count). The molecule has 2 aromatic rings. The van der Waals surface area contributed by atoms with Gasteiger partial charge >= 0.3 is 0 Å². The van der Waals surface area contributed by atoms with Crippen LogP contribution in [0, 0.1) is 11.8 Å². The zero-order chi connectivity index (χ0) is 37.1. The van der Waals surface area contributed by atoms with Crippen molar-refractivity contribution in [2.75, 3.05) is 26.9 Å². The molecule has 0 amide bonds. The monoisotopic (exact) mass is 701 g/mol. The Morgan fingerprint density at radius 1 is 0.706 bits per heavy atom. The minimum absolute atomic E-state index is 0.0544. The third kappa shape index (κ3) is 16.4. The quantitative estimate of drug-likeness (QED) is 0.102. The Hall–Kier alpha value is -2.53. The molecule has 2 fully saturated rings. The maximum atomic E-state index is 12.3. The number of unbranched alkanes of at least 4 members (excludes halogenated alkanes) is 3. The molecule has 0 bridgehead atoms. The normalized spacial score (nSPS) is 20.7. The van der Waals surface area contributed by atoms with Crippen LogP contribution < -0.4 is 0 Å². The van der Waals surface area contributed by atoms with Crippen molar-refractivity contribution in [3.8, 4) is 0 Å². The van der Waals surface area contributed by atoms with Gasteiger partial charge in [-0.05, 0) is 119 Å². The fourth-order valence-electron chi connectivity index (χ4n) is 7.28. The van der Waals surface area contributed by atoms with Gasteiger partial charge in [-0.3, -0.25) is 4.79 Å². The molecular weight excluding hydrogens is 629 g/mol. The first-order valence-electron chi connectivity index (χ1n) is 20.3. The van der Waals surface area contributed by atoms with E-state index in [2.05, 4.69) is 96.3 Å². The lowest BCUT2D eigenvalue weighted by molar-refractivity contribution is -0.119. The van der Waals surface area contributed by atoms with Gasteiger partial charge in [0.1, 0.15) is 5.78 Å². The van der Waals surface area contributed by atoms with E-state index in [4.69, 9.17) is 14.2 Å². The van der Waals surface area contributed by atoms with Crippen molar-refractivity contribution in [2.24, 2.45) is 11.8 Å². The van der Waals surface area contributed by atoms with Gasteiger partial charge in [0.15, 0.2) is 0 Å². The predicted molar refractivity (Wildman–Crippen MR) is 216 cm³/mol. The Labute approximate surface area is 312 Å². The van der Waals surface area contributed by atoms with E-state index in [1.165, 1.54) is 71.9 Å². The largest absolute Gasteiger partial charge is 0.384 e. The van der Waals surface area contributed by atoms with Gasteiger partial charge in [-0.15, -0.1) is 0 Å². The molecule has 4 nitrogen and oxygen atoms in total. The molecule has 2 heterocycles. The zero-order valence-electron chi connectivity index (χ0n) is 33.4. The molecule has 4 atom stereocenters. The van der Waals surface area contributed by atoms with Crippen molar-refractivity contribution in [1.29, 1.82) is 0 Å². The van der Waals surface area contributed by atoms with Crippen LogP contribution in [-0.2, 0) is 37.3 Å². The SMILES string of the molecule is C=C(CCCCC)Cc1ccc(C(C)(C)c2ccc(CC(=C)CCCCC(=O)CCC3CCC(C)OC3)cc2)cc1.COCC1CCC(C)OC1. The van der Waals surface area contributed by atoms with Gasteiger partial charge in [-0.1, -0.05) is 106 Å². The smallest absolute Gasteiger partial charge is 0.132 e. The molecule has 0 radical (unpaired) electrons. The number of ketones is 1. The molecule has 51 heavy (non-hydrogen) atoms. The van der Waals surface area contributed by atoms with Gasteiger partial charge in [0.2, 0.25) is 0 Å². The summed E-state index contributed by atoms with van der Waals surface area (Å²) in [5.74, 6) is 1.62. The van der Waals surface area contributed by atoms with Gasteiger partial charge in [-0.25, -0.2) is 0 Å². The molecule has 0 aromatic heterocycles. The first-order chi connectivity index (χ1) is 24.5. The first kappa shape index (κ1) is 42.9. The standard InChI is InChI=1S/C39H56O2.C8H16O2/c1-7-8-9-12-30(2)27-33-17-22-36(23-18-33)39(5,6)37-24-19-34(20-25-37)28-31(3)13-10-11-14-38(40)26-21-35-16-15-32(4)41-29-35;1-7-3-4-8(5-9-2)6-10-7/h17-20,22-25,32,35H,2-3,7-16,21,26-29H2,1,4-6H3;7-8H,3-6H2,1-2H3. The molecule has 4 heteroatoms.